The molecule has 11 heteroatoms. The molecule has 0 aliphatic heterocycles. The smallest absolute Gasteiger partial charge is 0.280 e. The lowest BCUT2D eigenvalue weighted by Gasteiger charge is -2.17. The number of para-hydroxylation sites is 2. The first-order chi connectivity index (χ1) is 16.2. The van der Waals surface area contributed by atoms with Crippen molar-refractivity contribution in [2.45, 2.75) is 22.2 Å². The second-order valence-electron chi connectivity index (χ2n) is 7.35. The highest BCUT2D eigenvalue weighted by molar-refractivity contribution is 8.00. The Bertz CT molecular complexity index is 1500. The molecular formula is C23H21N5O4S2. The number of aromatic nitrogens is 2. The van der Waals surface area contributed by atoms with E-state index in [0.29, 0.717) is 27.4 Å². The van der Waals surface area contributed by atoms with E-state index in [-0.39, 0.29) is 16.4 Å². The van der Waals surface area contributed by atoms with Crippen molar-refractivity contribution in [2.24, 2.45) is 5.14 Å². The zero-order chi connectivity index (χ0) is 24.3. The van der Waals surface area contributed by atoms with Crippen LogP contribution < -0.4 is 21.4 Å². The first kappa shape index (κ1) is 23.5. The third-order valence-corrected chi connectivity index (χ3v) is 6.84. The van der Waals surface area contributed by atoms with E-state index in [1.807, 2.05) is 30.3 Å². The van der Waals surface area contributed by atoms with Gasteiger partial charge in [-0.2, -0.15) is 4.68 Å². The van der Waals surface area contributed by atoms with Crippen molar-refractivity contribution in [3.05, 3.63) is 89.2 Å². The van der Waals surface area contributed by atoms with E-state index in [9.17, 15) is 18.0 Å². The fourth-order valence-electron chi connectivity index (χ4n) is 3.12. The lowest BCUT2D eigenvalue weighted by atomic mass is 10.2. The summed E-state index contributed by atoms with van der Waals surface area (Å²) < 4.78 is 24.1. The van der Waals surface area contributed by atoms with E-state index in [4.69, 9.17) is 5.14 Å². The van der Waals surface area contributed by atoms with Crippen LogP contribution in [-0.2, 0) is 14.8 Å². The maximum Gasteiger partial charge on any atom is 0.280 e. The normalized spacial score (nSPS) is 12.3. The number of thioether (sulfide) groups is 1. The first-order valence-corrected chi connectivity index (χ1v) is 12.6. The molecule has 3 aromatic carbocycles. The molecule has 1 amide bonds. The Morgan fingerprint density at radius 3 is 2.29 bits per heavy atom. The van der Waals surface area contributed by atoms with Crippen molar-refractivity contribution in [3.63, 3.8) is 0 Å². The molecule has 1 heterocycles. The third kappa shape index (κ3) is 5.28. The number of fused-ring (bicyclic) bond motifs is 1. The second-order valence-corrected chi connectivity index (χ2v) is 10.2. The van der Waals surface area contributed by atoms with Gasteiger partial charge in [0.25, 0.3) is 5.56 Å². The number of hydrogen-bond acceptors (Lipinski definition) is 7. The molecule has 34 heavy (non-hydrogen) atoms. The molecule has 1 unspecified atom stereocenters. The minimum atomic E-state index is -3.82. The van der Waals surface area contributed by atoms with E-state index in [0.717, 1.165) is 11.8 Å². The lowest BCUT2D eigenvalue weighted by Crippen LogP contribution is -2.31. The molecule has 0 fully saturated rings. The van der Waals surface area contributed by atoms with Crippen molar-refractivity contribution in [1.82, 2.24) is 9.66 Å². The predicted molar refractivity (Wildman–Crippen MR) is 133 cm³/mol. The van der Waals surface area contributed by atoms with Crippen LogP contribution in [-0.4, -0.2) is 29.2 Å². The lowest BCUT2D eigenvalue weighted by molar-refractivity contribution is -0.115. The van der Waals surface area contributed by atoms with E-state index in [1.54, 1.807) is 31.2 Å². The van der Waals surface area contributed by atoms with Gasteiger partial charge in [-0.25, -0.2) is 18.5 Å². The maximum absolute atomic E-state index is 13.2. The summed E-state index contributed by atoms with van der Waals surface area (Å²) in [5.41, 5.74) is 4.40. The molecule has 1 aromatic heterocycles. The molecular weight excluding hydrogens is 474 g/mol. The summed E-state index contributed by atoms with van der Waals surface area (Å²) in [5, 5.41) is 7.97. The fraction of sp³-hybridized carbons (Fsp3) is 0.0870. The average molecular weight is 496 g/mol. The number of nitrogens with one attached hydrogen (secondary N) is 2. The van der Waals surface area contributed by atoms with E-state index >= 15 is 0 Å². The van der Waals surface area contributed by atoms with Crippen LogP contribution in [0.2, 0.25) is 0 Å². The number of carbonyl (C=O) groups excluding carboxylic acids is 1. The quantitative estimate of drug-likeness (QED) is 0.265. The number of rotatable bonds is 7. The highest BCUT2D eigenvalue weighted by atomic mass is 32.2. The molecule has 0 aliphatic carbocycles. The summed E-state index contributed by atoms with van der Waals surface area (Å²) in [7, 11) is -3.82. The Labute approximate surface area is 200 Å². The Morgan fingerprint density at radius 2 is 1.62 bits per heavy atom. The zero-order valence-corrected chi connectivity index (χ0v) is 19.6. The van der Waals surface area contributed by atoms with Gasteiger partial charge in [0.1, 0.15) is 0 Å². The Morgan fingerprint density at radius 1 is 0.971 bits per heavy atom. The summed E-state index contributed by atoms with van der Waals surface area (Å²) in [5.74, 6) is -0.345. The van der Waals surface area contributed by atoms with Crippen molar-refractivity contribution < 1.29 is 13.2 Å². The van der Waals surface area contributed by atoms with Gasteiger partial charge in [0, 0.05) is 5.69 Å². The van der Waals surface area contributed by atoms with Crippen molar-refractivity contribution in [3.8, 4) is 0 Å². The Hall–Kier alpha value is -3.67. The molecule has 4 N–H and O–H groups in total. The monoisotopic (exact) mass is 495 g/mol. The number of hydrogen-bond donors (Lipinski definition) is 3. The van der Waals surface area contributed by atoms with Crippen LogP contribution in [0, 0.1) is 0 Å². The molecule has 1 atom stereocenters. The molecule has 4 aromatic rings. The van der Waals surface area contributed by atoms with Gasteiger partial charge in [-0.3, -0.25) is 15.0 Å². The number of anilines is 2. The van der Waals surface area contributed by atoms with Gasteiger partial charge >= 0.3 is 0 Å². The molecule has 4 rings (SSSR count). The molecule has 0 saturated heterocycles. The summed E-state index contributed by atoms with van der Waals surface area (Å²) >= 11 is 1.11. The molecule has 0 bridgehead atoms. The van der Waals surface area contributed by atoms with Crippen molar-refractivity contribution in [2.75, 3.05) is 10.7 Å². The van der Waals surface area contributed by atoms with Gasteiger partial charge in [0.2, 0.25) is 15.9 Å². The number of benzene rings is 3. The van der Waals surface area contributed by atoms with Crippen LogP contribution >= 0.6 is 11.8 Å². The van der Waals surface area contributed by atoms with Crippen LogP contribution in [0.4, 0.5) is 11.4 Å². The SMILES string of the molecule is CC(Sc1nc2ccccc2c(=O)n1Nc1ccccc1)C(=O)Nc1ccc(S(N)(=O)=O)cc1. The Kier molecular flexibility index (Phi) is 6.68. The summed E-state index contributed by atoms with van der Waals surface area (Å²) in [6, 6.07) is 21.7. The number of nitrogens with zero attached hydrogens (tertiary/aromatic N) is 2. The van der Waals surface area contributed by atoms with E-state index < -0.39 is 15.3 Å². The first-order valence-electron chi connectivity index (χ1n) is 10.2. The molecule has 0 aliphatic rings. The van der Waals surface area contributed by atoms with Crippen LogP contribution in [0.5, 0.6) is 0 Å². The van der Waals surface area contributed by atoms with E-state index in [2.05, 4.69) is 15.7 Å². The summed E-state index contributed by atoms with van der Waals surface area (Å²) in [6.45, 7) is 1.69. The number of sulfonamides is 1. The van der Waals surface area contributed by atoms with Gasteiger partial charge in [0.15, 0.2) is 5.16 Å². The highest BCUT2D eigenvalue weighted by Gasteiger charge is 2.20. The number of nitrogens with two attached hydrogens (primary N) is 1. The zero-order valence-electron chi connectivity index (χ0n) is 18.0. The predicted octanol–water partition coefficient (Wildman–Crippen LogP) is 3.04. The van der Waals surface area contributed by atoms with Crippen LogP contribution in [0.1, 0.15) is 6.92 Å². The minimum absolute atomic E-state index is 0.0516. The van der Waals surface area contributed by atoms with Crippen molar-refractivity contribution >= 4 is 50.0 Å². The van der Waals surface area contributed by atoms with Gasteiger partial charge in [-0.05, 0) is 55.5 Å². The maximum atomic E-state index is 13.2. The number of primary sulfonamides is 1. The molecule has 9 nitrogen and oxygen atoms in total. The van der Waals surface area contributed by atoms with Crippen LogP contribution in [0.15, 0.2) is 93.7 Å². The standard InChI is InChI=1S/C23H21N5O4S2/c1-15(21(29)25-16-11-13-18(14-12-16)34(24,31)32)33-23-26-20-10-6-5-9-19(20)22(30)28(23)27-17-7-3-2-4-8-17/h2-15,27H,1H3,(H,25,29)(H2,24,31,32). The molecule has 0 saturated carbocycles. The van der Waals surface area contributed by atoms with Crippen LogP contribution in [0.3, 0.4) is 0 Å². The largest absolute Gasteiger partial charge is 0.325 e. The topological polar surface area (TPSA) is 136 Å². The Balaban J connectivity index is 1.60. The highest BCUT2D eigenvalue weighted by Crippen LogP contribution is 2.24. The van der Waals surface area contributed by atoms with Gasteiger partial charge < -0.3 is 5.32 Å². The number of amides is 1. The fourth-order valence-corrected chi connectivity index (χ4v) is 4.50. The van der Waals surface area contributed by atoms with Gasteiger partial charge in [0.05, 0.1) is 26.7 Å². The average Bonchev–Trinajstić information content (AvgIpc) is 2.82. The summed E-state index contributed by atoms with van der Waals surface area (Å²) in [4.78, 5) is 30.6. The van der Waals surface area contributed by atoms with Crippen LogP contribution in [0.25, 0.3) is 10.9 Å². The number of carbonyl (C=O) groups is 1. The third-order valence-electron chi connectivity index (χ3n) is 4.86. The second kappa shape index (κ2) is 9.67. The van der Waals surface area contributed by atoms with E-state index in [1.165, 1.54) is 28.9 Å². The van der Waals surface area contributed by atoms with Crippen molar-refractivity contribution in [1.29, 1.82) is 0 Å². The van der Waals surface area contributed by atoms with Gasteiger partial charge in [-0.1, -0.05) is 42.1 Å². The minimum Gasteiger partial charge on any atom is -0.325 e. The molecule has 0 radical (unpaired) electrons. The molecule has 0 spiro atoms. The summed E-state index contributed by atoms with van der Waals surface area (Å²) in [6.07, 6.45) is 0. The van der Waals surface area contributed by atoms with Gasteiger partial charge in [-0.15, -0.1) is 0 Å². The molecule has 174 valence electrons.